The van der Waals surface area contributed by atoms with Crippen molar-refractivity contribution in [2.24, 2.45) is 23.7 Å². The van der Waals surface area contributed by atoms with E-state index < -0.39 is 0 Å². The molecule has 2 rings (SSSR count). The molecule has 2 heteroatoms. The largest absolute Gasteiger partial charge is 0.392 e. The highest BCUT2D eigenvalue weighted by molar-refractivity contribution is 4.93. The van der Waals surface area contributed by atoms with Gasteiger partial charge < -0.3 is 10.2 Å². The van der Waals surface area contributed by atoms with Crippen molar-refractivity contribution in [3.63, 3.8) is 0 Å². The van der Waals surface area contributed by atoms with Gasteiger partial charge in [-0.3, -0.25) is 0 Å². The second-order valence-corrected chi connectivity index (χ2v) is 6.52. The average Bonchev–Trinajstić information content (AvgIpc) is 2.62. The van der Waals surface area contributed by atoms with Gasteiger partial charge in [-0.15, -0.1) is 0 Å². The zero-order valence-electron chi connectivity index (χ0n) is 12.0. The Morgan fingerprint density at radius 2 is 1.22 bits per heavy atom. The maximum atomic E-state index is 10.7. The van der Waals surface area contributed by atoms with E-state index in [2.05, 4.69) is 13.8 Å². The molecular formula is C16H30O2. The van der Waals surface area contributed by atoms with Crippen LogP contribution in [-0.2, 0) is 0 Å². The molecule has 0 aromatic carbocycles. The Bertz CT molecular complexity index is 229. The topological polar surface area (TPSA) is 40.5 Å². The van der Waals surface area contributed by atoms with E-state index in [1.54, 1.807) is 0 Å². The van der Waals surface area contributed by atoms with Gasteiger partial charge in [-0.2, -0.15) is 0 Å². The van der Waals surface area contributed by atoms with Crippen LogP contribution >= 0.6 is 0 Å². The van der Waals surface area contributed by atoms with E-state index in [0.717, 1.165) is 25.7 Å². The molecule has 4 atom stereocenters. The molecule has 0 bridgehead atoms. The van der Waals surface area contributed by atoms with Crippen LogP contribution in [0.15, 0.2) is 0 Å². The van der Waals surface area contributed by atoms with E-state index in [9.17, 15) is 10.2 Å². The van der Waals surface area contributed by atoms with Crippen molar-refractivity contribution in [2.45, 2.75) is 77.4 Å². The SMILES string of the molecule is CC[C@H]1CCCC2CCC[C@H](CC)C(O)C2C1O. The Morgan fingerprint density at radius 3 is 1.61 bits per heavy atom. The summed E-state index contributed by atoms with van der Waals surface area (Å²) in [4.78, 5) is 0. The predicted octanol–water partition coefficient (Wildman–Crippen LogP) is 3.36. The van der Waals surface area contributed by atoms with Crippen LogP contribution in [0.1, 0.15) is 65.2 Å². The van der Waals surface area contributed by atoms with Gasteiger partial charge in [-0.1, -0.05) is 39.5 Å². The zero-order valence-corrected chi connectivity index (χ0v) is 12.0. The van der Waals surface area contributed by atoms with Gasteiger partial charge in [0.05, 0.1) is 12.2 Å². The molecule has 0 aromatic heterocycles. The van der Waals surface area contributed by atoms with E-state index in [4.69, 9.17) is 0 Å². The Kier molecular flexibility index (Phi) is 5.08. The van der Waals surface area contributed by atoms with E-state index in [-0.39, 0.29) is 18.1 Å². The van der Waals surface area contributed by atoms with Crippen LogP contribution in [0.2, 0.25) is 0 Å². The average molecular weight is 254 g/mol. The van der Waals surface area contributed by atoms with E-state index in [1.807, 2.05) is 0 Å². The van der Waals surface area contributed by atoms with Gasteiger partial charge in [0.1, 0.15) is 0 Å². The number of hydrogen-bond donors (Lipinski definition) is 2. The molecule has 2 aliphatic rings. The van der Waals surface area contributed by atoms with Gasteiger partial charge in [-0.25, -0.2) is 0 Å². The molecule has 0 aromatic rings. The Balaban J connectivity index is 2.20. The standard InChI is InChI=1S/C16H30O2/c1-3-11-7-5-9-13-10-6-8-12(4-2)16(18)14(13)15(11)17/h11-18H,3-10H2,1-2H3/t11-,12-,13?,14?,15?,16?/m0/s1. The molecule has 2 unspecified atom stereocenters. The lowest BCUT2D eigenvalue weighted by Crippen LogP contribution is -2.42. The van der Waals surface area contributed by atoms with Crippen LogP contribution in [-0.4, -0.2) is 22.4 Å². The molecule has 2 N–H and O–H groups in total. The van der Waals surface area contributed by atoms with Crippen molar-refractivity contribution in [2.75, 3.05) is 0 Å². The normalized spacial score (nSPS) is 46.0. The fraction of sp³-hybridized carbons (Fsp3) is 1.00. The van der Waals surface area contributed by atoms with Gasteiger partial charge >= 0.3 is 0 Å². The summed E-state index contributed by atoms with van der Waals surface area (Å²) in [7, 11) is 0. The third-order valence-corrected chi connectivity index (χ3v) is 5.65. The van der Waals surface area contributed by atoms with Gasteiger partial charge in [0.2, 0.25) is 0 Å². The summed E-state index contributed by atoms with van der Waals surface area (Å²) >= 11 is 0. The summed E-state index contributed by atoms with van der Waals surface area (Å²) in [6.07, 6.45) is 8.75. The fourth-order valence-electron chi connectivity index (χ4n) is 4.43. The number of rotatable bonds is 2. The molecule has 18 heavy (non-hydrogen) atoms. The molecule has 2 saturated carbocycles. The minimum Gasteiger partial charge on any atom is -0.392 e. The first-order valence-corrected chi connectivity index (χ1v) is 8.05. The molecule has 0 amide bonds. The molecule has 2 fully saturated rings. The number of aliphatic hydroxyl groups is 2. The fourth-order valence-corrected chi connectivity index (χ4v) is 4.43. The molecule has 106 valence electrons. The van der Waals surface area contributed by atoms with Crippen LogP contribution in [0.25, 0.3) is 0 Å². The highest BCUT2D eigenvalue weighted by Gasteiger charge is 2.43. The lowest BCUT2D eigenvalue weighted by Gasteiger charge is -2.36. The number of aliphatic hydroxyl groups excluding tert-OH is 2. The molecule has 2 aliphatic carbocycles. The maximum Gasteiger partial charge on any atom is 0.0623 e. The number of hydrogen-bond acceptors (Lipinski definition) is 2. The Hall–Kier alpha value is -0.0800. The third kappa shape index (κ3) is 2.75. The summed E-state index contributed by atoms with van der Waals surface area (Å²) in [6.45, 7) is 4.35. The quantitative estimate of drug-likeness (QED) is 0.793. The molecule has 0 saturated heterocycles. The first-order valence-electron chi connectivity index (χ1n) is 8.05. The first kappa shape index (κ1) is 14.3. The van der Waals surface area contributed by atoms with Crippen molar-refractivity contribution >= 4 is 0 Å². The summed E-state index contributed by atoms with van der Waals surface area (Å²) in [5.41, 5.74) is 0. The van der Waals surface area contributed by atoms with Gasteiger partial charge in [0, 0.05) is 5.92 Å². The van der Waals surface area contributed by atoms with Crippen LogP contribution in [0.5, 0.6) is 0 Å². The van der Waals surface area contributed by atoms with Crippen molar-refractivity contribution in [1.29, 1.82) is 0 Å². The smallest absolute Gasteiger partial charge is 0.0623 e. The van der Waals surface area contributed by atoms with Gasteiger partial charge in [0.15, 0.2) is 0 Å². The first-order chi connectivity index (χ1) is 8.69. The molecule has 0 spiro atoms. The molecule has 0 aliphatic heterocycles. The van der Waals surface area contributed by atoms with Crippen molar-refractivity contribution in [3.05, 3.63) is 0 Å². The van der Waals surface area contributed by atoms with E-state index in [1.165, 1.54) is 25.7 Å². The maximum absolute atomic E-state index is 10.7. The zero-order chi connectivity index (χ0) is 13.1. The molecule has 0 heterocycles. The summed E-state index contributed by atoms with van der Waals surface area (Å²) in [5.74, 6) is 1.52. The Morgan fingerprint density at radius 1 is 0.778 bits per heavy atom. The molecular weight excluding hydrogens is 224 g/mol. The highest BCUT2D eigenvalue weighted by Crippen LogP contribution is 2.43. The van der Waals surface area contributed by atoms with Crippen LogP contribution in [0, 0.1) is 23.7 Å². The van der Waals surface area contributed by atoms with Crippen molar-refractivity contribution < 1.29 is 10.2 Å². The van der Waals surface area contributed by atoms with Gasteiger partial charge in [-0.05, 0) is 43.4 Å². The lowest BCUT2D eigenvalue weighted by molar-refractivity contribution is -0.0578. The third-order valence-electron chi connectivity index (χ3n) is 5.65. The Labute approximate surface area is 112 Å². The van der Waals surface area contributed by atoms with Crippen LogP contribution in [0.3, 0.4) is 0 Å². The molecule has 2 nitrogen and oxygen atoms in total. The lowest BCUT2D eigenvalue weighted by atomic mass is 9.75. The predicted molar refractivity (Wildman–Crippen MR) is 74.3 cm³/mol. The number of fused-ring (bicyclic) bond motifs is 1. The minimum absolute atomic E-state index is 0.143. The summed E-state index contributed by atoms with van der Waals surface area (Å²) < 4.78 is 0. The van der Waals surface area contributed by atoms with E-state index >= 15 is 0 Å². The van der Waals surface area contributed by atoms with Gasteiger partial charge in [0.25, 0.3) is 0 Å². The monoisotopic (exact) mass is 254 g/mol. The minimum atomic E-state index is -0.273. The molecule has 0 radical (unpaired) electrons. The van der Waals surface area contributed by atoms with Crippen molar-refractivity contribution in [1.82, 2.24) is 0 Å². The summed E-state index contributed by atoms with van der Waals surface area (Å²) in [6, 6.07) is 0. The summed E-state index contributed by atoms with van der Waals surface area (Å²) in [5, 5.41) is 21.4. The highest BCUT2D eigenvalue weighted by atomic mass is 16.3. The van der Waals surface area contributed by atoms with Crippen molar-refractivity contribution in [3.8, 4) is 0 Å². The second-order valence-electron chi connectivity index (χ2n) is 6.52. The van der Waals surface area contributed by atoms with E-state index in [0.29, 0.717) is 17.8 Å². The van der Waals surface area contributed by atoms with Crippen LogP contribution < -0.4 is 0 Å². The van der Waals surface area contributed by atoms with Crippen LogP contribution in [0.4, 0.5) is 0 Å². The second kappa shape index (κ2) is 6.38.